The molecule has 156 valence electrons. The third kappa shape index (κ3) is 8.06. The molecule has 3 atom stereocenters. The van der Waals surface area contributed by atoms with E-state index in [1.54, 1.807) is 38.1 Å². The van der Waals surface area contributed by atoms with Crippen LogP contribution in [-0.2, 0) is 25.7 Å². The average Bonchev–Trinajstić information content (AvgIpc) is 2.67. The summed E-state index contributed by atoms with van der Waals surface area (Å²) in [6.07, 6.45) is -0.117. The van der Waals surface area contributed by atoms with Crippen LogP contribution in [0.3, 0.4) is 0 Å². The molecule has 3 amide bonds. The number of aliphatic hydroxyl groups excluding tert-OH is 1. The SMILES string of the molecule is CCOC(NC(=O)CC)C(C)CC(=O)N[C@@H](C)C(=O)Nc1ccc(CO)cc1. The Morgan fingerprint density at radius 2 is 1.68 bits per heavy atom. The van der Waals surface area contributed by atoms with Gasteiger partial charge >= 0.3 is 0 Å². The van der Waals surface area contributed by atoms with Gasteiger partial charge < -0.3 is 25.8 Å². The molecule has 0 bridgehead atoms. The minimum absolute atomic E-state index is 0.0691. The second kappa shape index (κ2) is 12.1. The molecule has 8 nitrogen and oxygen atoms in total. The van der Waals surface area contributed by atoms with Crippen molar-refractivity contribution >= 4 is 23.4 Å². The third-order valence-corrected chi connectivity index (χ3v) is 4.17. The van der Waals surface area contributed by atoms with E-state index in [1.807, 2.05) is 13.8 Å². The Hall–Kier alpha value is -2.45. The fraction of sp³-hybridized carbons (Fsp3) is 0.550. The monoisotopic (exact) mass is 393 g/mol. The molecule has 0 fully saturated rings. The van der Waals surface area contributed by atoms with E-state index in [-0.39, 0.29) is 36.7 Å². The summed E-state index contributed by atoms with van der Waals surface area (Å²) in [7, 11) is 0. The molecule has 0 aliphatic carbocycles. The van der Waals surface area contributed by atoms with Gasteiger partial charge in [-0.05, 0) is 31.5 Å². The van der Waals surface area contributed by atoms with Crippen LogP contribution in [0.2, 0.25) is 0 Å². The number of carbonyl (C=O) groups excluding carboxylic acids is 3. The number of hydrogen-bond acceptors (Lipinski definition) is 5. The normalized spacial score (nSPS) is 13.9. The maximum atomic E-state index is 12.3. The lowest BCUT2D eigenvalue weighted by Crippen LogP contribution is -2.45. The van der Waals surface area contributed by atoms with Crippen molar-refractivity contribution in [2.75, 3.05) is 11.9 Å². The molecule has 0 aromatic heterocycles. The lowest BCUT2D eigenvalue weighted by Gasteiger charge is -2.25. The summed E-state index contributed by atoms with van der Waals surface area (Å²) in [5, 5.41) is 17.2. The highest BCUT2D eigenvalue weighted by Crippen LogP contribution is 2.12. The topological polar surface area (TPSA) is 117 Å². The quantitative estimate of drug-likeness (QED) is 0.426. The molecule has 0 saturated carbocycles. The summed E-state index contributed by atoms with van der Waals surface area (Å²) in [5.41, 5.74) is 1.32. The van der Waals surface area contributed by atoms with Crippen LogP contribution in [0.5, 0.6) is 0 Å². The molecular weight excluding hydrogens is 362 g/mol. The fourth-order valence-corrected chi connectivity index (χ4v) is 2.50. The van der Waals surface area contributed by atoms with Crippen molar-refractivity contribution in [1.82, 2.24) is 10.6 Å². The van der Waals surface area contributed by atoms with Gasteiger partial charge in [-0.25, -0.2) is 0 Å². The third-order valence-electron chi connectivity index (χ3n) is 4.17. The summed E-state index contributed by atoms with van der Waals surface area (Å²) in [5.74, 6) is -1.05. The zero-order valence-corrected chi connectivity index (χ0v) is 17.0. The first kappa shape index (κ1) is 23.6. The van der Waals surface area contributed by atoms with E-state index in [4.69, 9.17) is 9.84 Å². The van der Waals surface area contributed by atoms with Gasteiger partial charge in [0.25, 0.3) is 0 Å². The van der Waals surface area contributed by atoms with Crippen molar-refractivity contribution in [3.05, 3.63) is 29.8 Å². The average molecular weight is 393 g/mol. The molecule has 8 heteroatoms. The van der Waals surface area contributed by atoms with Crippen molar-refractivity contribution in [2.24, 2.45) is 5.92 Å². The summed E-state index contributed by atoms with van der Waals surface area (Å²) in [6.45, 7) is 7.31. The summed E-state index contributed by atoms with van der Waals surface area (Å²) < 4.78 is 5.52. The van der Waals surface area contributed by atoms with Gasteiger partial charge in [0.1, 0.15) is 12.3 Å². The first-order valence-electron chi connectivity index (χ1n) is 9.51. The Morgan fingerprint density at radius 3 is 2.21 bits per heavy atom. The Kier molecular flexibility index (Phi) is 10.2. The highest BCUT2D eigenvalue weighted by Gasteiger charge is 2.23. The first-order chi connectivity index (χ1) is 13.3. The van der Waals surface area contributed by atoms with E-state index in [9.17, 15) is 14.4 Å². The van der Waals surface area contributed by atoms with Crippen molar-refractivity contribution in [3.8, 4) is 0 Å². The van der Waals surface area contributed by atoms with Crippen LogP contribution >= 0.6 is 0 Å². The van der Waals surface area contributed by atoms with Crippen LogP contribution in [0.15, 0.2) is 24.3 Å². The van der Waals surface area contributed by atoms with Crippen molar-refractivity contribution < 1.29 is 24.2 Å². The lowest BCUT2D eigenvalue weighted by molar-refractivity contribution is -0.131. The highest BCUT2D eigenvalue weighted by molar-refractivity contribution is 5.96. The zero-order chi connectivity index (χ0) is 21.1. The van der Waals surface area contributed by atoms with Crippen LogP contribution in [0, 0.1) is 5.92 Å². The van der Waals surface area contributed by atoms with Gasteiger partial charge in [-0.3, -0.25) is 14.4 Å². The minimum Gasteiger partial charge on any atom is -0.392 e. The highest BCUT2D eigenvalue weighted by atomic mass is 16.5. The summed E-state index contributed by atoms with van der Waals surface area (Å²) in [6, 6.07) is 6.05. The fourth-order valence-electron chi connectivity index (χ4n) is 2.50. The maximum Gasteiger partial charge on any atom is 0.246 e. The number of carbonyl (C=O) groups is 3. The molecule has 1 aromatic carbocycles. The van der Waals surface area contributed by atoms with Gasteiger partial charge in [-0.1, -0.05) is 26.0 Å². The zero-order valence-electron chi connectivity index (χ0n) is 17.0. The number of benzene rings is 1. The molecule has 1 rings (SSSR count). The number of ether oxygens (including phenoxy) is 1. The number of hydrogen-bond donors (Lipinski definition) is 4. The number of nitrogens with one attached hydrogen (secondary N) is 3. The second-order valence-corrected chi connectivity index (χ2v) is 6.61. The Balaban J connectivity index is 2.54. The van der Waals surface area contributed by atoms with Gasteiger partial charge in [-0.2, -0.15) is 0 Å². The Bertz CT molecular complexity index is 648. The molecule has 4 N–H and O–H groups in total. The number of aliphatic hydroxyl groups is 1. The summed E-state index contributed by atoms with van der Waals surface area (Å²) in [4.78, 5) is 36.1. The van der Waals surface area contributed by atoms with Crippen LogP contribution in [0.4, 0.5) is 5.69 Å². The van der Waals surface area contributed by atoms with Gasteiger partial charge in [0.15, 0.2) is 0 Å². The molecule has 0 saturated heterocycles. The predicted molar refractivity (Wildman–Crippen MR) is 106 cm³/mol. The molecule has 0 aliphatic rings. The van der Waals surface area contributed by atoms with Crippen molar-refractivity contribution in [3.63, 3.8) is 0 Å². The molecule has 0 spiro atoms. The van der Waals surface area contributed by atoms with Crippen molar-refractivity contribution in [1.29, 1.82) is 0 Å². The molecular formula is C20H31N3O5. The van der Waals surface area contributed by atoms with Crippen LogP contribution < -0.4 is 16.0 Å². The Labute approximate surface area is 166 Å². The first-order valence-corrected chi connectivity index (χ1v) is 9.51. The number of anilines is 1. The van der Waals surface area contributed by atoms with E-state index >= 15 is 0 Å². The molecule has 1 aromatic rings. The molecule has 28 heavy (non-hydrogen) atoms. The largest absolute Gasteiger partial charge is 0.392 e. The van der Waals surface area contributed by atoms with E-state index in [1.165, 1.54) is 0 Å². The molecule has 0 heterocycles. The summed E-state index contributed by atoms with van der Waals surface area (Å²) >= 11 is 0. The number of amides is 3. The standard InChI is InChI=1S/C20H31N3O5/c1-5-17(25)23-20(28-6-2)13(3)11-18(26)21-14(4)19(27)22-16-9-7-15(12-24)8-10-16/h7-10,13-14,20,24H,5-6,11-12H2,1-4H3,(H,21,26)(H,22,27)(H,23,25)/t13?,14-,20?/m0/s1. The van der Waals surface area contributed by atoms with E-state index in [0.717, 1.165) is 5.56 Å². The Morgan fingerprint density at radius 1 is 1.04 bits per heavy atom. The van der Waals surface area contributed by atoms with Crippen LogP contribution in [-0.4, -0.2) is 41.7 Å². The van der Waals surface area contributed by atoms with Crippen LogP contribution in [0.1, 0.15) is 46.1 Å². The molecule has 0 aliphatic heterocycles. The van der Waals surface area contributed by atoms with Crippen LogP contribution in [0.25, 0.3) is 0 Å². The molecule has 0 radical (unpaired) electrons. The van der Waals surface area contributed by atoms with Gasteiger partial charge in [0.2, 0.25) is 17.7 Å². The van der Waals surface area contributed by atoms with Gasteiger partial charge in [0.05, 0.1) is 6.61 Å². The van der Waals surface area contributed by atoms with Gasteiger partial charge in [0, 0.05) is 31.1 Å². The van der Waals surface area contributed by atoms with E-state index in [0.29, 0.717) is 18.7 Å². The second-order valence-electron chi connectivity index (χ2n) is 6.61. The smallest absolute Gasteiger partial charge is 0.246 e. The number of rotatable bonds is 11. The molecule has 2 unspecified atom stereocenters. The van der Waals surface area contributed by atoms with Gasteiger partial charge in [-0.15, -0.1) is 0 Å². The predicted octanol–water partition coefficient (Wildman–Crippen LogP) is 1.54. The minimum atomic E-state index is -0.729. The van der Waals surface area contributed by atoms with Crippen molar-refractivity contribution in [2.45, 2.75) is 59.4 Å². The van der Waals surface area contributed by atoms with E-state index in [2.05, 4.69) is 16.0 Å². The maximum absolute atomic E-state index is 12.3. The lowest BCUT2D eigenvalue weighted by atomic mass is 10.0. The van der Waals surface area contributed by atoms with E-state index < -0.39 is 12.3 Å².